The first-order chi connectivity index (χ1) is 12.0. The lowest BCUT2D eigenvalue weighted by atomic mass is 9.63. The van der Waals surface area contributed by atoms with Crippen molar-refractivity contribution in [1.82, 2.24) is 0 Å². The minimum Gasteiger partial charge on any atom is -0.450 e. The van der Waals surface area contributed by atoms with Gasteiger partial charge >= 0.3 is 18.1 Å². The standard InChI is InChI=1S/C18H19F5O3/c1-7(24)25-16-11-6-10(12-8-3-4-9(5-8)13(11)12)14(16)26-15(2,17(16,19)20)18(21,22)23/h3-4,8-14H,5-6H2,1-2H3. The van der Waals surface area contributed by atoms with E-state index in [1.807, 2.05) is 6.08 Å². The van der Waals surface area contributed by atoms with Gasteiger partial charge < -0.3 is 9.47 Å². The molecule has 3 nitrogen and oxygen atoms in total. The maximum absolute atomic E-state index is 15.5. The molecule has 0 amide bonds. The first-order valence-electron chi connectivity index (χ1n) is 8.96. The first-order valence-corrected chi connectivity index (χ1v) is 8.96. The molecule has 1 aliphatic heterocycles. The summed E-state index contributed by atoms with van der Waals surface area (Å²) in [6.07, 6.45) is -1.50. The summed E-state index contributed by atoms with van der Waals surface area (Å²) in [5, 5.41) is 0. The van der Waals surface area contributed by atoms with Crippen LogP contribution in [-0.4, -0.2) is 35.4 Å². The van der Waals surface area contributed by atoms with E-state index >= 15 is 8.78 Å². The van der Waals surface area contributed by atoms with Crippen molar-refractivity contribution >= 4 is 5.97 Å². The summed E-state index contributed by atoms with van der Waals surface area (Å²) in [5.41, 5.74) is -6.20. The van der Waals surface area contributed by atoms with Crippen LogP contribution >= 0.6 is 0 Å². The van der Waals surface area contributed by atoms with E-state index in [0.717, 1.165) is 13.3 Å². The molecule has 0 radical (unpaired) electrons. The fourth-order valence-electron chi connectivity index (χ4n) is 6.96. The van der Waals surface area contributed by atoms with Crippen LogP contribution in [0.15, 0.2) is 12.2 Å². The van der Waals surface area contributed by atoms with Crippen LogP contribution in [0.4, 0.5) is 22.0 Å². The highest BCUT2D eigenvalue weighted by molar-refractivity contribution is 5.67. The molecular formula is C18H19F5O3. The number of fused-ring (bicyclic) bond motifs is 12. The summed E-state index contributed by atoms with van der Waals surface area (Å²) in [4.78, 5) is 11.7. The summed E-state index contributed by atoms with van der Waals surface area (Å²) in [6.45, 7) is 1.36. The average molecular weight is 378 g/mol. The first kappa shape index (κ1) is 17.0. The van der Waals surface area contributed by atoms with Crippen molar-refractivity contribution in [1.29, 1.82) is 0 Å². The van der Waals surface area contributed by atoms with Gasteiger partial charge in [0.1, 0.15) is 6.10 Å². The Hall–Kier alpha value is -1.18. The molecule has 9 unspecified atom stereocenters. The molecule has 5 rings (SSSR count). The zero-order chi connectivity index (χ0) is 18.9. The molecule has 26 heavy (non-hydrogen) atoms. The van der Waals surface area contributed by atoms with Crippen LogP contribution in [0.2, 0.25) is 0 Å². The number of ether oxygens (including phenoxy) is 2. The molecule has 8 heteroatoms. The second-order valence-corrected chi connectivity index (χ2v) is 8.64. The van der Waals surface area contributed by atoms with Gasteiger partial charge in [-0.1, -0.05) is 12.2 Å². The zero-order valence-corrected chi connectivity index (χ0v) is 14.2. The van der Waals surface area contributed by atoms with E-state index in [9.17, 15) is 18.0 Å². The third-order valence-electron chi connectivity index (χ3n) is 7.74. The molecular weight excluding hydrogens is 359 g/mol. The van der Waals surface area contributed by atoms with Crippen molar-refractivity contribution < 1.29 is 36.2 Å². The number of carbonyl (C=O) groups excluding carboxylic acids is 1. The number of halogens is 5. The topological polar surface area (TPSA) is 35.5 Å². The lowest BCUT2D eigenvalue weighted by molar-refractivity contribution is -0.327. The van der Waals surface area contributed by atoms with Crippen LogP contribution in [0.5, 0.6) is 0 Å². The quantitative estimate of drug-likeness (QED) is 0.302. The van der Waals surface area contributed by atoms with Gasteiger partial charge in [0.05, 0.1) is 0 Å². The fourth-order valence-corrected chi connectivity index (χ4v) is 6.96. The average Bonchev–Trinajstić information content (AvgIpc) is 3.24. The Balaban J connectivity index is 1.68. The molecule has 0 aromatic heterocycles. The van der Waals surface area contributed by atoms with Crippen molar-refractivity contribution in [3.8, 4) is 0 Å². The lowest BCUT2D eigenvalue weighted by Gasteiger charge is -2.47. The smallest absolute Gasteiger partial charge is 0.423 e. The SMILES string of the molecule is CC(=O)OC12C3CC(C4C5C=CC(C5)C43)C1OC(C)(C(F)(F)F)C2(F)F. The number of hydrogen-bond donors (Lipinski definition) is 0. The maximum Gasteiger partial charge on any atom is 0.423 e. The van der Waals surface area contributed by atoms with E-state index < -0.39 is 47.2 Å². The molecule has 3 saturated carbocycles. The van der Waals surface area contributed by atoms with Gasteiger partial charge in [0, 0.05) is 12.8 Å². The van der Waals surface area contributed by atoms with Gasteiger partial charge in [-0.25, -0.2) is 0 Å². The summed E-state index contributed by atoms with van der Waals surface area (Å²) in [6, 6.07) is 0. The van der Waals surface area contributed by atoms with Gasteiger partial charge in [0.25, 0.3) is 0 Å². The Bertz CT molecular complexity index is 718. The van der Waals surface area contributed by atoms with E-state index in [2.05, 4.69) is 6.08 Å². The highest BCUT2D eigenvalue weighted by atomic mass is 19.4. The lowest BCUT2D eigenvalue weighted by Crippen LogP contribution is -2.67. The zero-order valence-electron chi connectivity index (χ0n) is 14.2. The van der Waals surface area contributed by atoms with E-state index in [4.69, 9.17) is 9.47 Å². The minimum absolute atomic E-state index is 0.0371. The van der Waals surface area contributed by atoms with Crippen molar-refractivity contribution in [3.63, 3.8) is 0 Å². The number of rotatable bonds is 1. The molecule has 4 aliphatic carbocycles. The summed E-state index contributed by atoms with van der Waals surface area (Å²) in [7, 11) is 0. The van der Waals surface area contributed by atoms with Crippen LogP contribution in [-0.2, 0) is 14.3 Å². The number of allylic oxidation sites excluding steroid dienone is 2. The Kier molecular flexibility index (Phi) is 2.90. The third kappa shape index (κ3) is 1.51. The van der Waals surface area contributed by atoms with Gasteiger partial charge in [-0.2, -0.15) is 22.0 Å². The molecule has 0 spiro atoms. The second-order valence-electron chi connectivity index (χ2n) is 8.64. The monoisotopic (exact) mass is 378 g/mol. The Morgan fingerprint density at radius 2 is 1.77 bits per heavy atom. The highest BCUT2D eigenvalue weighted by Crippen LogP contribution is 2.76. The van der Waals surface area contributed by atoms with Gasteiger partial charge in [0.2, 0.25) is 11.2 Å². The van der Waals surface area contributed by atoms with E-state index in [0.29, 0.717) is 13.3 Å². The Morgan fingerprint density at radius 3 is 2.35 bits per heavy atom. The predicted molar refractivity (Wildman–Crippen MR) is 78.1 cm³/mol. The molecule has 0 aromatic rings. The summed E-state index contributed by atoms with van der Waals surface area (Å²) >= 11 is 0. The molecule has 144 valence electrons. The van der Waals surface area contributed by atoms with Crippen LogP contribution in [0.3, 0.4) is 0 Å². The van der Waals surface area contributed by atoms with Crippen LogP contribution < -0.4 is 0 Å². The molecule has 4 fully saturated rings. The molecule has 0 N–H and O–H groups in total. The van der Waals surface area contributed by atoms with Crippen LogP contribution in [0.25, 0.3) is 0 Å². The molecule has 1 heterocycles. The van der Waals surface area contributed by atoms with Gasteiger partial charge in [-0.05, 0) is 49.4 Å². The third-order valence-corrected chi connectivity index (χ3v) is 7.74. The summed E-state index contributed by atoms with van der Waals surface area (Å²) < 4.78 is 82.1. The van der Waals surface area contributed by atoms with Gasteiger partial charge in [0.15, 0.2) is 0 Å². The number of carbonyl (C=O) groups is 1. The van der Waals surface area contributed by atoms with Crippen molar-refractivity contribution in [2.24, 2.45) is 35.5 Å². The second kappa shape index (κ2) is 4.45. The Morgan fingerprint density at radius 1 is 1.15 bits per heavy atom. The van der Waals surface area contributed by atoms with Crippen molar-refractivity contribution in [2.45, 2.75) is 56.1 Å². The van der Waals surface area contributed by atoms with Gasteiger partial charge in [-0.15, -0.1) is 0 Å². The summed E-state index contributed by atoms with van der Waals surface area (Å²) in [5.74, 6) is -6.47. The van der Waals surface area contributed by atoms with Crippen molar-refractivity contribution in [3.05, 3.63) is 12.2 Å². The molecule has 0 aromatic carbocycles. The van der Waals surface area contributed by atoms with Crippen LogP contribution in [0, 0.1) is 35.5 Å². The maximum atomic E-state index is 15.5. The molecule has 1 saturated heterocycles. The van der Waals surface area contributed by atoms with Crippen LogP contribution in [0.1, 0.15) is 26.7 Å². The fraction of sp³-hybridized carbons (Fsp3) is 0.833. The number of hydrogen-bond acceptors (Lipinski definition) is 3. The van der Waals surface area contributed by atoms with E-state index in [1.165, 1.54) is 0 Å². The molecule has 9 atom stereocenters. The van der Waals surface area contributed by atoms with Gasteiger partial charge in [-0.3, -0.25) is 4.79 Å². The highest BCUT2D eigenvalue weighted by Gasteiger charge is 2.91. The predicted octanol–water partition coefficient (Wildman–Crippen LogP) is 3.73. The van der Waals surface area contributed by atoms with E-state index in [-0.39, 0.29) is 23.7 Å². The number of alkyl halides is 5. The largest absolute Gasteiger partial charge is 0.450 e. The minimum atomic E-state index is -5.28. The normalized spacial score (nSPS) is 55.3. The molecule has 5 aliphatic rings. The molecule has 4 bridgehead atoms. The number of esters is 1. The van der Waals surface area contributed by atoms with Crippen molar-refractivity contribution in [2.75, 3.05) is 0 Å². The van der Waals surface area contributed by atoms with E-state index in [1.54, 1.807) is 0 Å². The Labute approximate surface area is 146 Å².